The zero-order valence-corrected chi connectivity index (χ0v) is 16.0. The molecule has 3 rings (SSSR count). The predicted octanol–water partition coefficient (Wildman–Crippen LogP) is 4.69. The quantitative estimate of drug-likeness (QED) is 0.481. The van der Waals surface area contributed by atoms with Gasteiger partial charge in [-0.15, -0.1) is 0 Å². The van der Waals surface area contributed by atoms with Gasteiger partial charge in [0.2, 0.25) is 0 Å². The van der Waals surface area contributed by atoms with Gasteiger partial charge in [-0.3, -0.25) is 9.89 Å². The molecule has 1 heterocycles. The Balaban J connectivity index is 1.62. The summed E-state index contributed by atoms with van der Waals surface area (Å²) in [4.78, 5) is 12.2. The van der Waals surface area contributed by atoms with Crippen molar-refractivity contribution in [2.24, 2.45) is 11.0 Å². The first-order chi connectivity index (χ1) is 13.0. The molecule has 2 aromatic carbocycles. The molecule has 0 atom stereocenters. The van der Waals surface area contributed by atoms with Crippen LogP contribution in [-0.4, -0.2) is 22.3 Å². The van der Waals surface area contributed by atoms with E-state index >= 15 is 0 Å². The molecular weight excluding hydrogens is 360 g/mol. The van der Waals surface area contributed by atoms with Crippen LogP contribution in [0.4, 0.5) is 0 Å². The highest BCUT2D eigenvalue weighted by Crippen LogP contribution is 2.19. The molecule has 2 N–H and O–H groups in total. The van der Waals surface area contributed by atoms with Gasteiger partial charge in [0, 0.05) is 10.6 Å². The lowest BCUT2D eigenvalue weighted by Gasteiger charge is -2.05. The summed E-state index contributed by atoms with van der Waals surface area (Å²) >= 11 is 5.83. The fourth-order valence-corrected chi connectivity index (χ4v) is 2.77. The third kappa shape index (κ3) is 5.28. The minimum absolute atomic E-state index is 0.351. The van der Waals surface area contributed by atoms with Crippen molar-refractivity contribution >= 4 is 23.7 Å². The number of benzene rings is 2. The van der Waals surface area contributed by atoms with E-state index in [0.29, 0.717) is 16.6 Å². The standard InChI is InChI=1S/C21H21ClN4O/c1-14(2)11-15-3-7-17(8-4-15)19-12-20(25-24-19)21(27)26-23-13-16-5-9-18(22)10-6-16/h3-10,12-14H,11H2,1-2H3,(H,24,25)(H,26,27)/b23-13+. The number of halogens is 1. The van der Waals surface area contributed by atoms with Crippen molar-refractivity contribution in [2.45, 2.75) is 20.3 Å². The van der Waals surface area contributed by atoms with Crippen LogP contribution in [-0.2, 0) is 6.42 Å². The Hall–Kier alpha value is -2.92. The number of hydrogen-bond donors (Lipinski definition) is 2. The van der Waals surface area contributed by atoms with Gasteiger partial charge in [-0.2, -0.15) is 10.2 Å². The molecule has 0 aliphatic rings. The number of nitrogens with one attached hydrogen (secondary N) is 2. The number of H-pyrrole nitrogens is 1. The van der Waals surface area contributed by atoms with Crippen molar-refractivity contribution in [2.75, 3.05) is 0 Å². The van der Waals surface area contributed by atoms with Crippen LogP contribution in [0, 0.1) is 5.92 Å². The van der Waals surface area contributed by atoms with E-state index in [0.717, 1.165) is 23.2 Å². The topological polar surface area (TPSA) is 70.1 Å². The molecule has 0 saturated carbocycles. The van der Waals surface area contributed by atoms with Gasteiger partial charge in [0.25, 0.3) is 5.91 Å². The molecule has 138 valence electrons. The Kier molecular flexibility index (Phi) is 6.04. The monoisotopic (exact) mass is 380 g/mol. The third-order valence-corrected chi connectivity index (χ3v) is 4.22. The van der Waals surface area contributed by atoms with E-state index in [4.69, 9.17) is 11.6 Å². The second kappa shape index (κ2) is 8.64. The molecule has 0 fully saturated rings. The Morgan fingerprint density at radius 2 is 1.89 bits per heavy atom. The maximum Gasteiger partial charge on any atom is 0.289 e. The number of rotatable bonds is 6. The number of carbonyl (C=O) groups excluding carboxylic acids is 1. The highest BCUT2D eigenvalue weighted by molar-refractivity contribution is 6.30. The van der Waals surface area contributed by atoms with Gasteiger partial charge in [0.15, 0.2) is 0 Å². The fraction of sp³-hybridized carbons (Fsp3) is 0.190. The Labute approximate surface area is 163 Å². The number of aromatic nitrogens is 2. The maximum absolute atomic E-state index is 12.2. The summed E-state index contributed by atoms with van der Waals surface area (Å²) in [6.07, 6.45) is 2.60. The molecule has 0 saturated heterocycles. The molecule has 0 spiro atoms. The first-order valence-corrected chi connectivity index (χ1v) is 9.13. The van der Waals surface area contributed by atoms with E-state index in [9.17, 15) is 4.79 Å². The Bertz CT molecular complexity index is 928. The summed E-state index contributed by atoms with van der Waals surface area (Å²) in [5.41, 5.74) is 6.65. The normalized spacial score (nSPS) is 11.3. The summed E-state index contributed by atoms with van der Waals surface area (Å²) in [7, 11) is 0. The first kappa shape index (κ1) is 18.9. The van der Waals surface area contributed by atoms with E-state index < -0.39 is 0 Å². The second-order valence-electron chi connectivity index (χ2n) is 6.71. The maximum atomic E-state index is 12.2. The van der Waals surface area contributed by atoms with Gasteiger partial charge < -0.3 is 0 Å². The van der Waals surface area contributed by atoms with E-state index in [1.165, 1.54) is 5.56 Å². The van der Waals surface area contributed by atoms with Crippen LogP contribution >= 0.6 is 11.6 Å². The highest BCUT2D eigenvalue weighted by atomic mass is 35.5. The number of aromatic amines is 1. The third-order valence-electron chi connectivity index (χ3n) is 3.97. The summed E-state index contributed by atoms with van der Waals surface area (Å²) in [6, 6.07) is 17.1. The summed E-state index contributed by atoms with van der Waals surface area (Å²) < 4.78 is 0. The Morgan fingerprint density at radius 3 is 2.56 bits per heavy atom. The molecule has 5 nitrogen and oxygen atoms in total. The van der Waals surface area contributed by atoms with Crippen molar-refractivity contribution in [1.29, 1.82) is 0 Å². The minimum Gasteiger partial charge on any atom is -0.272 e. The number of carbonyl (C=O) groups is 1. The lowest BCUT2D eigenvalue weighted by molar-refractivity contribution is 0.0950. The SMILES string of the molecule is CC(C)Cc1ccc(-c2cc(C(=O)N/N=C/c3ccc(Cl)cc3)[nH]n2)cc1. The van der Waals surface area contributed by atoms with Crippen molar-refractivity contribution < 1.29 is 4.79 Å². The van der Waals surface area contributed by atoms with Crippen molar-refractivity contribution in [3.63, 3.8) is 0 Å². The van der Waals surface area contributed by atoms with Crippen LogP contribution in [0.3, 0.4) is 0 Å². The molecule has 0 unspecified atom stereocenters. The van der Waals surface area contributed by atoms with Gasteiger partial charge in [0.05, 0.1) is 11.9 Å². The van der Waals surface area contributed by atoms with Gasteiger partial charge in [0.1, 0.15) is 5.69 Å². The van der Waals surface area contributed by atoms with Crippen LogP contribution in [0.1, 0.15) is 35.5 Å². The molecule has 0 aliphatic heterocycles. The molecule has 0 bridgehead atoms. The number of amides is 1. The molecule has 0 radical (unpaired) electrons. The largest absolute Gasteiger partial charge is 0.289 e. The average Bonchev–Trinajstić information content (AvgIpc) is 3.14. The number of hydrogen-bond acceptors (Lipinski definition) is 3. The van der Waals surface area contributed by atoms with Crippen LogP contribution in [0.2, 0.25) is 5.02 Å². The average molecular weight is 381 g/mol. The number of hydrazone groups is 1. The van der Waals surface area contributed by atoms with E-state index in [1.807, 2.05) is 24.3 Å². The Morgan fingerprint density at radius 1 is 1.19 bits per heavy atom. The summed E-state index contributed by atoms with van der Waals surface area (Å²) in [5, 5.41) is 11.6. The van der Waals surface area contributed by atoms with Crippen molar-refractivity contribution in [3.05, 3.63) is 76.4 Å². The van der Waals surface area contributed by atoms with Crippen LogP contribution in [0.25, 0.3) is 11.3 Å². The molecule has 3 aromatic rings. The van der Waals surface area contributed by atoms with E-state index in [-0.39, 0.29) is 5.91 Å². The number of nitrogens with zero attached hydrogens (tertiary/aromatic N) is 2. The van der Waals surface area contributed by atoms with E-state index in [2.05, 4.69) is 46.7 Å². The van der Waals surface area contributed by atoms with Gasteiger partial charge in [-0.05, 0) is 41.7 Å². The fourth-order valence-electron chi connectivity index (χ4n) is 2.64. The van der Waals surface area contributed by atoms with Crippen LogP contribution in [0.15, 0.2) is 59.7 Å². The lowest BCUT2D eigenvalue weighted by atomic mass is 10.0. The van der Waals surface area contributed by atoms with Gasteiger partial charge in [-0.25, -0.2) is 5.43 Å². The van der Waals surface area contributed by atoms with Crippen LogP contribution in [0.5, 0.6) is 0 Å². The predicted molar refractivity (Wildman–Crippen MR) is 109 cm³/mol. The highest BCUT2D eigenvalue weighted by Gasteiger charge is 2.10. The van der Waals surface area contributed by atoms with Gasteiger partial charge in [-0.1, -0.05) is 61.8 Å². The summed E-state index contributed by atoms with van der Waals surface area (Å²) in [6.45, 7) is 4.39. The van der Waals surface area contributed by atoms with Crippen molar-refractivity contribution in [1.82, 2.24) is 15.6 Å². The molecule has 27 heavy (non-hydrogen) atoms. The van der Waals surface area contributed by atoms with Crippen molar-refractivity contribution in [3.8, 4) is 11.3 Å². The summed E-state index contributed by atoms with van der Waals surface area (Å²) in [5.74, 6) is 0.264. The van der Waals surface area contributed by atoms with Crippen LogP contribution < -0.4 is 5.43 Å². The zero-order chi connectivity index (χ0) is 19.2. The molecule has 0 aliphatic carbocycles. The lowest BCUT2D eigenvalue weighted by Crippen LogP contribution is -2.17. The minimum atomic E-state index is -0.351. The first-order valence-electron chi connectivity index (χ1n) is 8.75. The molecule has 1 amide bonds. The molecule has 1 aromatic heterocycles. The zero-order valence-electron chi connectivity index (χ0n) is 15.2. The molecule has 6 heteroatoms. The second-order valence-corrected chi connectivity index (χ2v) is 7.15. The van der Waals surface area contributed by atoms with Gasteiger partial charge >= 0.3 is 0 Å². The van der Waals surface area contributed by atoms with E-state index in [1.54, 1.807) is 24.4 Å². The smallest absolute Gasteiger partial charge is 0.272 e. The molecular formula is C21H21ClN4O.